The van der Waals surface area contributed by atoms with Crippen LogP contribution in [0.2, 0.25) is 0 Å². The quantitative estimate of drug-likeness (QED) is 0.328. The summed E-state index contributed by atoms with van der Waals surface area (Å²) in [4.78, 5) is 40.3. The van der Waals surface area contributed by atoms with E-state index in [0.29, 0.717) is 5.56 Å². The lowest BCUT2D eigenvalue weighted by atomic mass is 9.91. The lowest BCUT2D eigenvalue weighted by Crippen LogP contribution is -2.44. The van der Waals surface area contributed by atoms with Crippen molar-refractivity contribution >= 4 is 28.8 Å². The normalized spacial score (nSPS) is 24.6. The molecule has 3 aromatic rings. The van der Waals surface area contributed by atoms with Crippen LogP contribution in [0.1, 0.15) is 54.5 Å². The van der Waals surface area contributed by atoms with Gasteiger partial charge in [-0.3, -0.25) is 14.2 Å². The summed E-state index contributed by atoms with van der Waals surface area (Å²) in [5.41, 5.74) is 7.25. The third kappa shape index (κ3) is 4.92. The smallest absolute Gasteiger partial charge is 0.254 e. The van der Waals surface area contributed by atoms with Crippen molar-refractivity contribution in [3.8, 4) is 11.8 Å². The molecular weight excluding hydrogens is 502 g/mol. The number of anilines is 1. The summed E-state index contributed by atoms with van der Waals surface area (Å²) < 4.78 is 7.18. The lowest BCUT2D eigenvalue weighted by molar-refractivity contribution is -0.137. The van der Waals surface area contributed by atoms with Crippen LogP contribution in [-0.2, 0) is 9.53 Å². The number of aliphatic hydroxyl groups excluding tert-OH is 2. The Hall–Kier alpha value is -4.05. The van der Waals surface area contributed by atoms with Crippen LogP contribution < -0.4 is 11.1 Å². The van der Waals surface area contributed by atoms with Crippen molar-refractivity contribution in [1.82, 2.24) is 29.7 Å². The molecule has 3 fully saturated rings. The average Bonchev–Trinajstić information content (AvgIpc) is 3.54. The third-order valence-corrected chi connectivity index (χ3v) is 7.39. The second-order valence-electron chi connectivity index (χ2n) is 10.2. The highest BCUT2D eigenvalue weighted by atomic mass is 16.6. The van der Waals surface area contributed by atoms with E-state index in [-0.39, 0.29) is 47.3 Å². The molecule has 2 amide bonds. The summed E-state index contributed by atoms with van der Waals surface area (Å²) in [5.74, 6) is 5.54. The van der Waals surface area contributed by atoms with Gasteiger partial charge in [0, 0.05) is 17.6 Å². The van der Waals surface area contributed by atoms with E-state index in [1.54, 1.807) is 17.0 Å². The largest absolute Gasteiger partial charge is 0.387 e. The van der Waals surface area contributed by atoms with Crippen LogP contribution in [0, 0.1) is 11.8 Å². The van der Waals surface area contributed by atoms with Crippen LogP contribution in [0.5, 0.6) is 0 Å². The molecule has 2 saturated carbocycles. The first-order valence-corrected chi connectivity index (χ1v) is 13.1. The van der Waals surface area contributed by atoms with Gasteiger partial charge in [-0.05, 0) is 50.2 Å². The zero-order valence-corrected chi connectivity index (χ0v) is 21.1. The van der Waals surface area contributed by atoms with Crippen molar-refractivity contribution in [2.75, 3.05) is 12.3 Å². The van der Waals surface area contributed by atoms with Crippen molar-refractivity contribution in [3.05, 3.63) is 48.0 Å². The summed E-state index contributed by atoms with van der Waals surface area (Å²) in [6.07, 6.45) is 0.891. The fraction of sp³-hybridized carbons (Fsp3) is 0.444. The minimum Gasteiger partial charge on any atom is -0.387 e. The van der Waals surface area contributed by atoms with Gasteiger partial charge in [0.15, 0.2) is 23.8 Å². The number of benzene rings is 1. The minimum atomic E-state index is -1.43. The lowest BCUT2D eigenvalue weighted by Gasteiger charge is -2.36. The molecule has 2 unspecified atom stereocenters. The average molecular weight is 532 g/mol. The monoisotopic (exact) mass is 531 g/mol. The van der Waals surface area contributed by atoms with E-state index in [1.807, 2.05) is 18.2 Å². The first-order valence-electron chi connectivity index (χ1n) is 13.1. The number of nitrogens with one attached hydrogen (secondary N) is 1. The van der Waals surface area contributed by atoms with Gasteiger partial charge in [-0.1, -0.05) is 24.1 Å². The molecule has 6 rings (SSSR count). The maximum atomic E-state index is 13.1. The number of aliphatic hydroxyl groups is 2. The van der Waals surface area contributed by atoms with E-state index in [2.05, 4.69) is 32.1 Å². The Balaban J connectivity index is 1.23. The number of carbonyl (C=O) groups is 2. The van der Waals surface area contributed by atoms with Crippen LogP contribution in [0.25, 0.3) is 11.2 Å². The molecule has 0 spiro atoms. The standard InChI is InChI=1S/C27H29N7O5/c28-23-19-24(34(14-29-19)27-21(36)20(35)22(39-27)25(37)30-16-11-12-16)32-18(31-23)10-5-13-33(17-8-4-9-17)26(38)15-6-2-1-3-7-15/h1-3,6-7,14,16-17,20-22,27,35-36H,4,8-9,11-13H2,(H,30,37)(H2,28,31,32)/t20-,21+,22?,27?/m0/s1. The molecule has 1 aromatic carbocycles. The summed E-state index contributed by atoms with van der Waals surface area (Å²) in [6.45, 7) is 0.202. The van der Waals surface area contributed by atoms with Gasteiger partial charge in [-0.25, -0.2) is 15.0 Å². The molecule has 5 N–H and O–H groups in total. The molecule has 3 heterocycles. The number of fused-ring (bicyclic) bond motifs is 1. The number of nitrogens with two attached hydrogens (primary N) is 1. The second-order valence-corrected chi connectivity index (χ2v) is 10.2. The van der Waals surface area contributed by atoms with E-state index in [9.17, 15) is 19.8 Å². The number of amides is 2. The van der Waals surface area contributed by atoms with Gasteiger partial charge in [-0.15, -0.1) is 0 Å². The predicted octanol–water partition coefficient (Wildman–Crippen LogP) is 0.353. The van der Waals surface area contributed by atoms with E-state index >= 15 is 0 Å². The highest BCUT2D eigenvalue weighted by Crippen LogP contribution is 2.33. The summed E-state index contributed by atoms with van der Waals surface area (Å²) in [7, 11) is 0. The summed E-state index contributed by atoms with van der Waals surface area (Å²) in [5, 5.41) is 24.0. The number of nitrogen functional groups attached to an aromatic ring is 1. The van der Waals surface area contributed by atoms with Crippen molar-refractivity contribution in [1.29, 1.82) is 0 Å². The molecule has 12 heteroatoms. The number of ether oxygens (including phenoxy) is 1. The number of aromatic nitrogens is 4. The van der Waals surface area contributed by atoms with E-state index in [0.717, 1.165) is 32.1 Å². The maximum Gasteiger partial charge on any atom is 0.254 e. The van der Waals surface area contributed by atoms with E-state index < -0.39 is 30.4 Å². The number of hydrogen-bond donors (Lipinski definition) is 4. The number of rotatable bonds is 6. The van der Waals surface area contributed by atoms with Gasteiger partial charge >= 0.3 is 0 Å². The Kier molecular flexibility index (Phi) is 6.64. The molecule has 1 saturated heterocycles. The zero-order valence-electron chi connectivity index (χ0n) is 21.1. The minimum absolute atomic E-state index is 0.0743. The topological polar surface area (TPSA) is 169 Å². The molecule has 12 nitrogen and oxygen atoms in total. The van der Waals surface area contributed by atoms with Crippen molar-refractivity contribution in [3.63, 3.8) is 0 Å². The second kappa shape index (κ2) is 10.3. The first-order chi connectivity index (χ1) is 18.9. The van der Waals surface area contributed by atoms with Crippen LogP contribution in [0.15, 0.2) is 36.7 Å². The van der Waals surface area contributed by atoms with Crippen LogP contribution >= 0.6 is 0 Å². The molecule has 2 aromatic heterocycles. The molecule has 39 heavy (non-hydrogen) atoms. The van der Waals surface area contributed by atoms with E-state index in [1.165, 1.54) is 10.9 Å². The van der Waals surface area contributed by atoms with Gasteiger partial charge < -0.3 is 30.9 Å². The Bertz CT molecular complexity index is 1460. The maximum absolute atomic E-state index is 13.1. The van der Waals surface area contributed by atoms with Crippen molar-refractivity contribution in [2.45, 2.75) is 68.7 Å². The molecular formula is C27H29N7O5. The Morgan fingerprint density at radius 1 is 1.13 bits per heavy atom. The fourth-order valence-electron chi connectivity index (χ4n) is 4.81. The van der Waals surface area contributed by atoms with Crippen LogP contribution in [0.3, 0.4) is 0 Å². The fourth-order valence-corrected chi connectivity index (χ4v) is 4.81. The SMILES string of the molecule is Nc1nc(C#CCN(C(=O)c2ccccc2)C2CCC2)nc2c1ncn2C1OC(C(=O)NC2CC2)[C@@H](O)[C@H]1O. The first kappa shape index (κ1) is 25.2. The highest BCUT2D eigenvalue weighted by Gasteiger charge is 2.48. The molecule has 0 radical (unpaired) electrons. The molecule has 1 aliphatic heterocycles. The van der Waals surface area contributed by atoms with Crippen molar-refractivity contribution < 1.29 is 24.5 Å². The molecule has 4 atom stereocenters. The predicted molar refractivity (Wildman–Crippen MR) is 139 cm³/mol. The highest BCUT2D eigenvalue weighted by molar-refractivity contribution is 5.94. The Morgan fingerprint density at radius 3 is 2.59 bits per heavy atom. The molecule has 202 valence electrons. The third-order valence-electron chi connectivity index (χ3n) is 7.39. The number of carbonyl (C=O) groups excluding carboxylic acids is 2. The molecule has 0 bridgehead atoms. The van der Waals surface area contributed by atoms with Crippen LogP contribution in [0.4, 0.5) is 5.82 Å². The number of nitrogens with zero attached hydrogens (tertiary/aromatic N) is 5. The van der Waals surface area contributed by atoms with E-state index in [4.69, 9.17) is 10.5 Å². The zero-order chi connectivity index (χ0) is 27.1. The Morgan fingerprint density at radius 2 is 1.90 bits per heavy atom. The van der Waals surface area contributed by atoms with Crippen LogP contribution in [-0.4, -0.2) is 83.4 Å². The Labute approximate surface area is 224 Å². The molecule has 3 aliphatic rings. The number of hydrogen-bond acceptors (Lipinski definition) is 9. The van der Waals surface area contributed by atoms with Crippen molar-refractivity contribution in [2.24, 2.45) is 0 Å². The number of imidazole rings is 1. The van der Waals surface area contributed by atoms with Gasteiger partial charge in [0.2, 0.25) is 5.82 Å². The van der Waals surface area contributed by atoms with Gasteiger partial charge in [-0.2, -0.15) is 0 Å². The summed E-state index contributed by atoms with van der Waals surface area (Å²) in [6, 6.07) is 9.33. The van der Waals surface area contributed by atoms with Gasteiger partial charge in [0.05, 0.1) is 12.9 Å². The summed E-state index contributed by atoms with van der Waals surface area (Å²) >= 11 is 0. The molecule has 2 aliphatic carbocycles. The van der Waals surface area contributed by atoms with Gasteiger partial charge in [0.1, 0.15) is 17.7 Å². The van der Waals surface area contributed by atoms with Gasteiger partial charge in [0.25, 0.3) is 11.8 Å².